The molecule has 1 heterocycles. The van der Waals surface area contributed by atoms with Crippen LogP contribution < -0.4 is 10.6 Å². The van der Waals surface area contributed by atoms with Crippen LogP contribution in [0.25, 0.3) is 0 Å². The minimum Gasteiger partial charge on any atom is -0.356 e. The first-order valence-corrected chi connectivity index (χ1v) is 9.49. The van der Waals surface area contributed by atoms with Gasteiger partial charge in [0.05, 0.1) is 0 Å². The zero-order valence-electron chi connectivity index (χ0n) is 16.1. The van der Waals surface area contributed by atoms with E-state index >= 15 is 0 Å². The smallest absolute Gasteiger partial charge is 0.191 e. The van der Waals surface area contributed by atoms with Crippen molar-refractivity contribution in [3.63, 3.8) is 0 Å². The summed E-state index contributed by atoms with van der Waals surface area (Å²) in [4.78, 5) is 6.86. The molecule has 2 N–H and O–H groups in total. The molecule has 0 atom stereocenters. The Hall–Kier alpha value is -0.820. The summed E-state index contributed by atoms with van der Waals surface area (Å²) in [6, 6.07) is 8.98. The van der Waals surface area contributed by atoms with Crippen molar-refractivity contribution in [2.75, 3.05) is 26.7 Å². The molecule has 0 saturated carbocycles. The summed E-state index contributed by atoms with van der Waals surface area (Å²) in [7, 11) is 1.83. The average molecular weight is 458 g/mol. The van der Waals surface area contributed by atoms with E-state index in [1.54, 1.807) is 0 Å². The van der Waals surface area contributed by atoms with Crippen LogP contribution in [0, 0.1) is 5.92 Å². The van der Waals surface area contributed by atoms with E-state index in [4.69, 9.17) is 0 Å². The summed E-state index contributed by atoms with van der Waals surface area (Å²) in [5.41, 5.74) is 2.71. The maximum Gasteiger partial charge on any atom is 0.191 e. The van der Waals surface area contributed by atoms with Gasteiger partial charge in [-0.3, -0.25) is 9.89 Å². The number of hydrogen-bond acceptors (Lipinski definition) is 2. The summed E-state index contributed by atoms with van der Waals surface area (Å²) in [6.07, 6.45) is 5.12. The highest BCUT2D eigenvalue weighted by atomic mass is 127. The van der Waals surface area contributed by atoms with Crippen molar-refractivity contribution in [1.29, 1.82) is 0 Å². The van der Waals surface area contributed by atoms with Crippen LogP contribution in [0.1, 0.15) is 50.7 Å². The topological polar surface area (TPSA) is 39.7 Å². The summed E-state index contributed by atoms with van der Waals surface area (Å²) in [6.45, 7) is 9.88. The van der Waals surface area contributed by atoms with Gasteiger partial charge >= 0.3 is 0 Å². The Morgan fingerprint density at radius 3 is 2.20 bits per heavy atom. The Morgan fingerprint density at radius 1 is 1.04 bits per heavy atom. The standard InChI is InChI=1S/C20H34N4.HI/c1-4-17(5-2)14-22-20(21-3)23-15-18-8-10-19(11-9-18)16-24-12-6-7-13-24;/h8-11,17H,4-7,12-16H2,1-3H3,(H2,21,22,23);1H. The first kappa shape index (κ1) is 22.2. The van der Waals surface area contributed by atoms with Crippen LogP contribution in [0.5, 0.6) is 0 Å². The van der Waals surface area contributed by atoms with Crippen LogP contribution >= 0.6 is 24.0 Å². The second-order valence-corrected chi connectivity index (χ2v) is 6.79. The number of nitrogens with zero attached hydrogens (tertiary/aromatic N) is 2. The number of hydrogen-bond donors (Lipinski definition) is 2. The van der Waals surface area contributed by atoms with Gasteiger partial charge in [0.15, 0.2) is 5.96 Å². The van der Waals surface area contributed by atoms with E-state index in [0.29, 0.717) is 5.92 Å². The molecule has 4 nitrogen and oxygen atoms in total. The Morgan fingerprint density at radius 2 is 1.64 bits per heavy atom. The fourth-order valence-corrected chi connectivity index (χ4v) is 3.19. The van der Waals surface area contributed by atoms with Gasteiger partial charge in [0.25, 0.3) is 0 Å². The van der Waals surface area contributed by atoms with E-state index in [2.05, 4.69) is 58.6 Å². The van der Waals surface area contributed by atoms with Crippen molar-refractivity contribution in [2.24, 2.45) is 10.9 Å². The lowest BCUT2D eigenvalue weighted by molar-refractivity contribution is 0.331. The maximum absolute atomic E-state index is 4.32. The van der Waals surface area contributed by atoms with Crippen molar-refractivity contribution in [2.45, 2.75) is 52.6 Å². The molecule has 1 aromatic carbocycles. The molecule has 0 amide bonds. The normalized spacial score (nSPS) is 15.3. The van der Waals surface area contributed by atoms with Gasteiger partial charge in [0.1, 0.15) is 0 Å². The second-order valence-electron chi connectivity index (χ2n) is 6.79. The van der Waals surface area contributed by atoms with Crippen LogP contribution in [0.3, 0.4) is 0 Å². The van der Waals surface area contributed by atoms with Crippen LogP contribution in [-0.4, -0.2) is 37.5 Å². The summed E-state index contributed by atoms with van der Waals surface area (Å²) >= 11 is 0. The maximum atomic E-state index is 4.32. The van der Waals surface area contributed by atoms with Gasteiger partial charge in [-0.1, -0.05) is 51.0 Å². The summed E-state index contributed by atoms with van der Waals surface area (Å²) < 4.78 is 0. The third-order valence-corrected chi connectivity index (χ3v) is 5.02. The number of nitrogens with one attached hydrogen (secondary N) is 2. The van der Waals surface area contributed by atoms with Crippen LogP contribution in [0.15, 0.2) is 29.3 Å². The van der Waals surface area contributed by atoms with Crippen LogP contribution in [0.2, 0.25) is 0 Å². The number of benzene rings is 1. The largest absolute Gasteiger partial charge is 0.356 e. The molecular formula is C20H35IN4. The number of rotatable bonds is 8. The number of guanidine groups is 1. The highest BCUT2D eigenvalue weighted by Crippen LogP contribution is 2.13. The first-order valence-electron chi connectivity index (χ1n) is 9.49. The van der Waals surface area contributed by atoms with E-state index in [1.165, 1.54) is 49.9 Å². The molecule has 0 bridgehead atoms. The predicted molar refractivity (Wildman–Crippen MR) is 119 cm³/mol. The SMILES string of the molecule is CCC(CC)CNC(=NC)NCc1ccc(CN2CCCC2)cc1.I. The van der Waals surface area contributed by atoms with E-state index in [9.17, 15) is 0 Å². The molecule has 1 fully saturated rings. The van der Waals surface area contributed by atoms with Crippen molar-refractivity contribution < 1.29 is 0 Å². The van der Waals surface area contributed by atoms with Crippen molar-refractivity contribution in [3.05, 3.63) is 35.4 Å². The molecule has 1 saturated heterocycles. The van der Waals surface area contributed by atoms with Gasteiger partial charge in [-0.05, 0) is 43.0 Å². The fraction of sp³-hybridized carbons (Fsp3) is 0.650. The van der Waals surface area contributed by atoms with Gasteiger partial charge in [0.2, 0.25) is 0 Å². The quantitative estimate of drug-likeness (QED) is 0.352. The molecular weight excluding hydrogens is 423 g/mol. The predicted octanol–water partition coefficient (Wildman–Crippen LogP) is 4.00. The van der Waals surface area contributed by atoms with Gasteiger partial charge < -0.3 is 10.6 Å². The molecule has 0 spiro atoms. The third kappa shape index (κ3) is 7.94. The minimum absolute atomic E-state index is 0. The van der Waals surface area contributed by atoms with Gasteiger partial charge in [-0.25, -0.2) is 0 Å². The number of likely N-dealkylation sites (tertiary alicyclic amines) is 1. The fourth-order valence-electron chi connectivity index (χ4n) is 3.19. The molecule has 5 heteroatoms. The second kappa shape index (κ2) is 12.5. The lowest BCUT2D eigenvalue weighted by Crippen LogP contribution is -2.39. The highest BCUT2D eigenvalue weighted by molar-refractivity contribution is 14.0. The molecule has 1 aliphatic rings. The summed E-state index contributed by atoms with van der Waals surface area (Å²) in [5, 5.41) is 6.84. The lowest BCUT2D eigenvalue weighted by Gasteiger charge is -2.17. The summed E-state index contributed by atoms with van der Waals surface area (Å²) in [5.74, 6) is 1.61. The van der Waals surface area contributed by atoms with Gasteiger partial charge in [0, 0.05) is 26.7 Å². The van der Waals surface area contributed by atoms with Gasteiger partial charge in [-0.2, -0.15) is 0 Å². The van der Waals surface area contributed by atoms with Crippen molar-refractivity contribution >= 4 is 29.9 Å². The van der Waals surface area contributed by atoms with Crippen molar-refractivity contribution in [3.8, 4) is 0 Å². The van der Waals surface area contributed by atoms with E-state index < -0.39 is 0 Å². The molecule has 2 rings (SSSR count). The highest BCUT2D eigenvalue weighted by Gasteiger charge is 2.11. The molecule has 1 aliphatic heterocycles. The van der Waals surface area contributed by atoms with E-state index in [1.807, 2.05) is 7.05 Å². The number of halogens is 1. The lowest BCUT2D eigenvalue weighted by atomic mass is 10.0. The molecule has 142 valence electrons. The molecule has 25 heavy (non-hydrogen) atoms. The Bertz CT molecular complexity index is 491. The molecule has 1 aromatic rings. The molecule has 0 unspecified atom stereocenters. The number of aliphatic imine (C=N–C) groups is 1. The van der Waals surface area contributed by atoms with Crippen LogP contribution in [-0.2, 0) is 13.1 Å². The molecule has 0 aliphatic carbocycles. The van der Waals surface area contributed by atoms with Gasteiger partial charge in [-0.15, -0.1) is 24.0 Å². The Balaban J connectivity index is 0.00000312. The molecule has 0 radical (unpaired) electrons. The zero-order chi connectivity index (χ0) is 17.2. The molecule has 0 aromatic heterocycles. The van der Waals surface area contributed by atoms with Crippen LogP contribution in [0.4, 0.5) is 0 Å². The Kier molecular flexibility index (Phi) is 11.1. The van der Waals surface area contributed by atoms with E-state index in [0.717, 1.165) is 25.6 Å². The van der Waals surface area contributed by atoms with Crippen molar-refractivity contribution in [1.82, 2.24) is 15.5 Å². The monoisotopic (exact) mass is 458 g/mol. The zero-order valence-corrected chi connectivity index (χ0v) is 18.4. The Labute approximate surface area is 170 Å². The minimum atomic E-state index is 0. The third-order valence-electron chi connectivity index (χ3n) is 5.02. The first-order chi connectivity index (χ1) is 11.7. The average Bonchev–Trinajstić information content (AvgIpc) is 3.12. The van der Waals surface area contributed by atoms with E-state index in [-0.39, 0.29) is 24.0 Å².